The van der Waals surface area contributed by atoms with Crippen LogP contribution in [0.1, 0.15) is 11.7 Å². The molecule has 0 fully saturated rings. The fourth-order valence-corrected chi connectivity index (χ4v) is 1.49. The second-order valence-electron chi connectivity index (χ2n) is 3.25. The Labute approximate surface area is 86.5 Å². The van der Waals surface area contributed by atoms with E-state index in [-0.39, 0.29) is 0 Å². The van der Waals surface area contributed by atoms with E-state index in [0.29, 0.717) is 5.56 Å². The number of hydrogen-bond acceptors (Lipinski definition) is 3. The Bertz CT molecular complexity index is 489. The van der Waals surface area contributed by atoms with Crippen LogP contribution in [0.2, 0.25) is 0 Å². The molecule has 0 saturated heterocycles. The summed E-state index contributed by atoms with van der Waals surface area (Å²) in [5, 5.41) is 10.6. The van der Waals surface area contributed by atoms with E-state index in [2.05, 4.69) is 9.72 Å². The van der Waals surface area contributed by atoms with Gasteiger partial charge in [0.05, 0.1) is 7.11 Å². The number of aromatic nitrogens is 1. The molecule has 2 aromatic rings. The van der Waals surface area contributed by atoms with Crippen LogP contribution in [0, 0.1) is 0 Å². The molecule has 0 radical (unpaired) electrons. The van der Waals surface area contributed by atoms with Gasteiger partial charge in [-0.3, -0.25) is 0 Å². The van der Waals surface area contributed by atoms with Crippen LogP contribution in [0.5, 0.6) is 0 Å². The van der Waals surface area contributed by atoms with Gasteiger partial charge in [-0.2, -0.15) is 0 Å². The lowest BCUT2D eigenvalue weighted by atomic mass is 10.1. The summed E-state index contributed by atoms with van der Waals surface area (Å²) in [6.45, 7) is 0. The number of H-pyrrole nitrogens is 1. The molecule has 0 aliphatic carbocycles. The van der Waals surface area contributed by atoms with Crippen LogP contribution in [0.3, 0.4) is 0 Å². The Morgan fingerprint density at radius 1 is 1.47 bits per heavy atom. The maximum Gasteiger partial charge on any atom is 0.339 e. The van der Waals surface area contributed by atoms with Crippen molar-refractivity contribution in [1.29, 1.82) is 0 Å². The second-order valence-corrected chi connectivity index (χ2v) is 3.25. The summed E-state index contributed by atoms with van der Waals surface area (Å²) in [4.78, 5) is 14.1. The molecule has 1 aromatic carbocycles. The molecule has 1 heterocycles. The van der Waals surface area contributed by atoms with Gasteiger partial charge >= 0.3 is 5.97 Å². The first-order valence-electron chi connectivity index (χ1n) is 4.55. The average Bonchev–Trinajstić information content (AvgIpc) is 2.73. The Morgan fingerprint density at radius 2 is 2.27 bits per heavy atom. The number of hydrogen-bond donors (Lipinski definition) is 2. The molecule has 1 unspecified atom stereocenters. The number of rotatable bonds is 2. The van der Waals surface area contributed by atoms with Gasteiger partial charge in [-0.05, 0) is 29.1 Å². The molecule has 0 bridgehead atoms. The monoisotopic (exact) mass is 205 g/mol. The van der Waals surface area contributed by atoms with Gasteiger partial charge < -0.3 is 14.8 Å². The fourth-order valence-electron chi connectivity index (χ4n) is 1.49. The highest BCUT2D eigenvalue weighted by Gasteiger charge is 2.17. The normalized spacial score (nSPS) is 12.7. The van der Waals surface area contributed by atoms with Crippen LogP contribution < -0.4 is 0 Å². The lowest BCUT2D eigenvalue weighted by molar-refractivity contribution is -0.150. The zero-order valence-electron chi connectivity index (χ0n) is 8.23. The SMILES string of the molecule is COC(=O)C(O)c1ccc2[nH]ccc2c1. The number of carbonyl (C=O) groups is 1. The molecule has 2 rings (SSSR count). The number of ether oxygens (including phenoxy) is 1. The zero-order valence-corrected chi connectivity index (χ0v) is 8.23. The van der Waals surface area contributed by atoms with E-state index in [0.717, 1.165) is 10.9 Å². The summed E-state index contributed by atoms with van der Waals surface area (Å²) in [5.41, 5.74) is 1.50. The maximum absolute atomic E-state index is 11.1. The molecule has 0 aliphatic heterocycles. The molecule has 0 amide bonds. The van der Waals surface area contributed by atoms with Gasteiger partial charge in [-0.1, -0.05) is 6.07 Å². The van der Waals surface area contributed by atoms with Crippen LogP contribution in [-0.4, -0.2) is 23.2 Å². The average molecular weight is 205 g/mol. The van der Waals surface area contributed by atoms with Crippen LogP contribution in [0.4, 0.5) is 0 Å². The second kappa shape index (κ2) is 3.74. The van der Waals surface area contributed by atoms with Gasteiger partial charge in [0.1, 0.15) is 0 Å². The molecule has 0 saturated carbocycles. The highest BCUT2D eigenvalue weighted by molar-refractivity contribution is 5.83. The van der Waals surface area contributed by atoms with Crippen LogP contribution in [-0.2, 0) is 9.53 Å². The van der Waals surface area contributed by atoms with Crippen molar-refractivity contribution in [3.05, 3.63) is 36.0 Å². The van der Waals surface area contributed by atoms with E-state index in [1.807, 2.05) is 12.1 Å². The highest BCUT2D eigenvalue weighted by atomic mass is 16.5. The van der Waals surface area contributed by atoms with Crippen LogP contribution >= 0.6 is 0 Å². The van der Waals surface area contributed by atoms with Gasteiger partial charge in [0.15, 0.2) is 6.10 Å². The van der Waals surface area contributed by atoms with Crippen molar-refractivity contribution in [2.24, 2.45) is 0 Å². The largest absolute Gasteiger partial charge is 0.467 e. The van der Waals surface area contributed by atoms with Gasteiger partial charge in [-0.15, -0.1) is 0 Å². The van der Waals surface area contributed by atoms with E-state index >= 15 is 0 Å². The zero-order chi connectivity index (χ0) is 10.8. The first-order valence-corrected chi connectivity index (χ1v) is 4.55. The number of aliphatic hydroxyl groups is 1. The van der Waals surface area contributed by atoms with Gasteiger partial charge in [0.2, 0.25) is 0 Å². The quantitative estimate of drug-likeness (QED) is 0.728. The molecule has 0 spiro atoms. The minimum atomic E-state index is -1.21. The van der Waals surface area contributed by atoms with Gasteiger partial charge in [0.25, 0.3) is 0 Å². The number of fused-ring (bicyclic) bond motifs is 1. The number of carbonyl (C=O) groups excluding carboxylic acids is 1. The Morgan fingerprint density at radius 3 is 3.00 bits per heavy atom. The van der Waals surface area contributed by atoms with Crippen molar-refractivity contribution in [1.82, 2.24) is 4.98 Å². The van der Waals surface area contributed by atoms with Crippen molar-refractivity contribution < 1.29 is 14.6 Å². The predicted octanol–water partition coefficient (Wildman–Crippen LogP) is 1.37. The molecule has 78 valence electrons. The molecule has 2 N–H and O–H groups in total. The van der Waals surface area contributed by atoms with Crippen molar-refractivity contribution in [3.8, 4) is 0 Å². The number of aromatic amines is 1. The van der Waals surface area contributed by atoms with Gasteiger partial charge in [-0.25, -0.2) is 4.79 Å². The molecule has 1 aromatic heterocycles. The summed E-state index contributed by atoms with van der Waals surface area (Å²) >= 11 is 0. The standard InChI is InChI=1S/C11H11NO3/c1-15-11(14)10(13)8-2-3-9-7(6-8)4-5-12-9/h2-6,10,12-13H,1H3. The summed E-state index contributed by atoms with van der Waals surface area (Å²) < 4.78 is 4.46. The van der Waals surface area contributed by atoms with Crippen LogP contribution in [0.25, 0.3) is 10.9 Å². The summed E-state index contributed by atoms with van der Waals surface area (Å²) in [5.74, 6) is -0.648. The third-order valence-corrected chi connectivity index (χ3v) is 2.32. The molecule has 15 heavy (non-hydrogen) atoms. The lowest BCUT2D eigenvalue weighted by Crippen LogP contribution is -2.13. The minimum absolute atomic E-state index is 0.536. The van der Waals surface area contributed by atoms with Crippen LogP contribution in [0.15, 0.2) is 30.5 Å². The number of methoxy groups -OCH3 is 1. The molecule has 1 atom stereocenters. The van der Waals surface area contributed by atoms with E-state index < -0.39 is 12.1 Å². The molecular weight excluding hydrogens is 194 g/mol. The van der Waals surface area contributed by atoms with Crippen molar-refractivity contribution in [3.63, 3.8) is 0 Å². The smallest absolute Gasteiger partial charge is 0.339 e. The Hall–Kier alpha value is -1.81. The summed E-state index contributed by atoms with van der Waals surface area (Å²) in [6.07, 6.45) is 0.591. The first kappa shape index (κ1) is 9.73. The van der Waals surface area contributed by atoms with E-state index in [9.17, 15) is 9.90 Å². The van der Waals surface area contributed by atoms with Crippen molar-refractivity contribution in [2.75, 3.05) is 7.11 Å². The van der Waals surface area contributed by atoms with E-state index in [4.69, 9.17) is 0 Å². The third kappa shape index (κ3) is 1.71. The Balaban J connectivity index is 2.39. The fraction of sp³-hybridized carbons (Fsp3) is 0.182. The molecule has 4 nitrogen and oxygen atoms in total. The number of esters is 1. The predicted molar refractivity (Wildman–Crippen MR) is 55.3 cm³/mol. The molecule has 4 heteroatoms. The maximum atomic E-state index is 11.1. The van der Waals surface area contributed by atoms with Crippen molar-refractivity contribution >= 4 is 16.9 Å². The summed E-state index contributed by atoms with van der Waals surface area (Å²) in [7, 11) is 1.25. The lowest BCUT2D eigenvalue weighted by Gasteiger charge is -2.08. The highest BCUT2D eigenvalue weighted by Crippen LogP contribution is 2.20. The number of benzene rings is 1. The molecule has 0 aliphatic rings. The van der Waals surface area contributed by atoms with Gasteiger partial charge in [0, 0.05) is 11.7 Å². The van der Waals surface area contributed by atoms with E-state index in [1.165, 1.54) is 7.11 Å². The summed E-state index contributed by atoms with van der Waals surface area (Å²) in [6, 6.07) is 7.15. The number of aliphatic hydroxyl groups excluding tert-OH is 1. The van der Waals surface area contributed by atoms with E-state index in [1.54, 1.807) is 18.3 Å². The molecular formula is C11H11NO3. The Kier molecular flexibility index (Phi) is 2.43. The first-order chi connectivity index (χ1) is 7.22. The number of nitrogens with one attached hydrogen (secondary N) is 1. The van der Waals surface area contributed by atoms with Crippen molar-refractivity contribution in [2.45, 2.75) is 6.10 Å². The topological polar surface area (TPSA) is 62.3 Å². The third-order valence-electron chi connectivity index (χ3n) is 2.32. The minimum Gasteiger partial charge on any atom is -0.467 e.